The van der Waals surface area contributed by atoms with Gasteiger partial charge in [0, 0.05) is 11.1 Å². The minimum atomic E-state index is -0.285. The number of benzene rings is 1. The first-order valence-electron chi connectivity index (χ1n) is 9.66. The Hall–Kier alpha value is -2.87. The van der Waals surface area contributed by atoms with Gasteiger partial charge in [-0.3, -0.25) is 14.0 Å². The molecule has 2 heterocycles. The van der Waals surface area contributed by atoms with Gasteiger partial charge < -0.3 is 14.8 Å². The van der Waals surface area contributed by atoms with Gasteiger partial charge in [0.1, 0.15) is 5.69 Å². The normalized spacial score (nSPS) is 10.9. The van der Waals surface area contributed by atoms with E-state index < -0.39 is 0 Å². The summed E-state index contributed by atoms with van der Waals surface area (Å²) >= 11 is 1.42. The molecule has 2 aromatic heterocycles. The summed E-state index contributed by atoms with van der Waals surface area (Å²) in [6.07, 6.45) is 0.822. The maximum Gasteiger partial charge on any atom is 0.282 e. The van der Waals surface area contributed by atoms with Crippen LogP contribution in [-0.2, 0) is 17.6 Å². The first-order chi connectivity index (χ1) is 14.0. The van der Waals surface area contributed by atoms with Crippen LogP contribution in [0.15, 0.2) is 28.4 Å². The minimum Gasteiger partial charge on any atom is -0.490 e. The van der Waals surface area contributed by atoms with Crippen LogP contribution < -0.4 is 20.3 Å². The van der Waals surface area contributed by atoms with E-state index in [1.165, 1.54) is 11.3 Å². The molecule has 0 bridgehead atoms. The van der Waals surface area contributed by atoms with Crippen LogP contribution in [-0.4, -0.2) is 28.5 Å². The van der Waals surface area contributed by atoms with Gasteiger partial charge in [0.2, 0.25) is 5.91 Å². The highest BCUT2D eigenvalue weighted by molar-refractivity contribution is 7.15. The second-order valence-corrected chi connectivity index (χ2v) is 7.28. The number of thiazole rings is 1. The zero-order valence-electron chi connectivity index (χ0n) is 17.1. The van der Waals surface area contributed by atoms with Crippen molar-refractivity contribution in [2.45, 2.75) is 40.5 Å². The van der Waals surface area contributed by atoms with E-state index in [1.807, 2.05) is 32.2 Å². The summed E-state index contributed by atoms with van der Waals surface area (Å²) in [5.74, 6) is 0.962. The van der Waals surface area contributed by atoms with Crippen LogP contribution in [0.5, 0.6) is 11.5 Å². The van der Waals surface area contributed by atoms with Crippen LogP contribution in [0.25, 0.3) is 4.96 Å². The fourth-order valence-electron chi connectivity index (χ4n) is 3.07. The van der Waals surface area contributed by atoms with Gasteiger partial charge in [-0.15, -0.1) is 11.3 Å². The number of rotatable bonds is 8. The van der Waals surface area contributed by atoms with E-state index in [0.29, 0.717) is 41.8 Å². The van der Waals surface area contributed by atoms with Crippen molar-refractivity contribution in [1.29, 1.82) is 0 Å². The fourth-order valence-corrected chi connectivity index (χ4v) is 4.08. The molecule has 0 aliphatic rings. The highest BCUT2D eigenvalue weighted by atomic mass is 32.1. The van der Waals surface area contributed by atoms with E-state index in [9.17, 15) is 9.59 Å². The Balaban J connectivity index is 1.84. The first-order valence-corrected chi connectivity index (χ1v) is 10.5. The van der Waals surface area contributed by atoms with Crippen molar-refractivity contribution < 1.29 is 14.3 Å². The molecule has 0 aliphatic carbocycles. The number of fused-ring (bicyclic) bond motifs is 1. The van der Waals surface area contributed by atoms with Gasteiger partial charge in [-0.2, -0.15) is 0 Å². The summed E-state index contributed by atoms with van der Waals surface area (Å²) in [7, 11) is 0. The molecular formula is C21H25N3O4S. The number of hydrogen-bond acceptors (Lipinski definition) is 6. The van der Waals surface area contributed by atoms with Crippen LogP contribution in [0.1, 0.15) is 37.7 Å². The highest BCUT2D eigenvalue weighted by Crippen LogP contribution is 2.29. The number of carbonyl (C=O) groups is 1. The summed E-state index contributed by atoms with van der Waals surface area (Å²) in [5, 5.41) is 4.67. The van der Waals surface area contributed by atoms with Gasteiger partial charge >= 0.3 is 0 Å². The molecule has 29 heavy (non-hydrogen) atoms. The van der Waals surface area contributed by atoms with E-state index in [1.54, 1.807) is 23.5 Å². The highest BCUT2D eigenvalue weighted by Gasteiger charge is 2.16. The van der Waals surface area contributed by atoms with Crippen molar-refractivity contribution in [3.05, 3.63) is 50.9 Å². The quantitative estimate of drug-likeness (QED) is 0.608. The van der Waals surface area contributed by atoms with Gasteiger partial charge in [-0.25, -0.2) is 4.98 Å². The summed E-state index contributed by atoms with van der Waals surface area (Å²) in [6, 6.07) is 5.41. The van der Waals surface area contributed by atoms with Gasteiger partial charge in [-0.1, -0.05) is 13.0 Å². The average molecular weight is 416 g/mol. The lowest BCUT2D eigenvalue weighted by molar-refractivity contribution is -0.115. The molecule has 0 saturated heterocycles. The van der Waals surface area contributed by atoms with Crippen molar-refractivity contribution in [3.63, 3.8) is 0 Å². The lowest BCUT2D eigenvalue weighted by Gasteiger charge is -2.13. The predicted molar refractivity (Wildman–Crippen MR) is 115 cm³/mol. The van der Waals surface area contributed by atoms with E-state index in [-0.39, 0.29) is 23.6 Å². The number of anilines is 1. The average Bonchev–Trinajstić information content (AvgIpc) is 3.10. The van der Waals surface area contributed by atoms with Crippen LogP contribution in [0.2, 0.25) is 0 Å². The Morgan fingerprint density at radius 3 is 2.59 bits per heavy atom. The number of amides is 1. The molecule has 0 saturated carbocycles. The van der Waals surface area contributed by atoms with Crippen LogP contribution >= 0.6 is 11.3 Å². The van der Waals surface area contributed by atoms with E-state index in [2.05, 4.69) is 10.3 Å². The zero-order chi connectivity index (χ0) is 21.0. The van der Waals surface area contributed by atoms with Gasteiger partial charge in [0.25, 0.3) is 5.56 Å². The van der Waals surface area contributed by atoms with E-state index >= 15 is 0 Å². The first kappa shape index (κ1) is 20.9. The predicted octanol–water partition coefficient (Wildman–Crippen LogP) is 3.61. The van der Waals surface area contributed by atoms with Crippen LogP contribution in [0.3, 0.4) is 0 Å². The molecule has 1 N–H and O–H groups in total. The van der Waals surface area contributed by atoms with Crippen molar-refractivity contribution in [2.24, 2.45) is 0 Å². The maximum absolute atomic E-state index is 12.9. The molecule has 154 valence electrons. The Labute approximate surface area is 173 Å². The molecule has 3 rings (SSSR count). The monoisotopic (exact) mass is 415 g/mol. The Bertz CT molecular complexity index is 1090. The SMILES string of the molecule is CCOc1ccc(CC(=O)Nc2c(C)nc3scc(CC)n3c2=O)cc1OCC. The second kappa shape index (κ2) is 9.09. The third-order valence-corrected chi connectivity index (χ3v) is 5.29. The molecule has 7 nitrogen and oxygen atoms in total. The van der Waals surface area contributed by atoms with Gasteiger partial charge in [0.15, 0.2) is 16.5 Å². The number of carbonyl (C=O) groups excluding carboxylic acids is 1. The van der Waals surface area contributed by atoms with Crippen molar-refractivity contribution in [3.8, 4) is 11.5 Å². The number of aryl methyl sites for hydroxylation is 2. The second-order valence-electron chi connectivity index (χ2n) is 6.45. The Morgan fingerprint density at radius 1 is 1.17 bits per heavy atom. The summed E-state index contributed by atoms with van der Waals surface area (Å²) < 4.78 is 12.7. The number of ether oxygens (including phenoxy) is 2. The molecule has 3 aromatic rings. The molecule has 8 heteroatoms. The Kier molecular flexibility index (Phi) is 6.53. The Morgan fingerprint density at radius 2 is 1.90 bits per heavy atom. The molecule has 0 spiro atoms. The summed E-state index contributed by atoms with van der Waals surface area (Å²) in [4.78, 5) is 30.7. The molecule has 0 atom stereocenters. The fraction of sp³-hybridized carbons (Fsp3) is 0.381. The topological polar surface area (TPSA) is 81.9 Å². The van der Waals surface area contributed by atoms with Gasteiger partial charge in [-0.05, 0) is 44.9 Å². The standard InChI is InChI=1S/C21H25N3O4S/c1-5-15-12-29-21-22-13(4)19(20(26)24(15)21)23-18(25)11-14-8-9-16(27-6-2)17(10-14)28-7-3/h8-10,12H,5-7,11H2,1-4H3,(H,23,25). The largest absolute Gasteiger partial charge is 0.490 e. The summed E-state index contributed by atoms with van der Waals surface area (Å²) in [6.45, 7) is 8.53. The number of aromatic nitrogens is 2. The maximum atomic E-state index is 12.9. The van der Waals surface area contributed by atoms with E-state index in [4.69, 9.17) is 9.47 Å². The van der Waals surface area contributed by atoms with Crippen molar-refractivity contribution in [2.75, 3.05) is 18.5 Å². The van der Waals surface area contributed by atoms with Crippen LogP contribution in [0, 0.1) is 6.92 Å². The number of nitrogens with zero attached hydrogens (tertiary/aromatic N) is 2. The van der Waals surface area contributed by atoms with Crippen molar-refractivity contribution in [1.82, 2.24) is 9.38 Å². The molecule has 0 fully saturated rings. The lowest BCUT2D eigenvalue weighted by Crippen LogP contribution is -2.26. The molecule has 1 amide bonds. The molecule has 1 aromatic carbocycles. The lowest BCUT2D eigenvalue weighted by atomic mass is 10.1. The minimum absolute atomic E-state index is 0.109. The summed E-state index contributed by atoms with van der Waals surface area (Å²) in [5.41, 5.74) is 2.13. The number of nitrogens with one attached hydrogen (secondary N) is 1. The third-order valence-electron chi connectivity index (χ3n) is 4.42. The molecule has 0 unspecified atom stereocenters. The smallest absolute Gasteiger partial charge is 0.282 e. The third kappa shape index (κ3) is 4.42. The van der Waals surface area contributed by atoms with Gasteiger partial charge in [0.05, 0.1) is 25.3 Å². The molecular weight excluding hydrogens is 390 g/mol. The zero-order valence-corrected chi connectivity index (χ0v) is 17.9. The van der Waals surface area contributed by atoms with Crippen LogP contribution in [0.4, 0.5) is 5.69 Å². The molecule has 0 aliphatic heterocycles. The van der Waals surface area contributed by atoms with Crippen molar-refractivity contribution >= 4 is 27.9 Å². The molecule has 0 radical (unpaired) electrons. The number of hydrogen-bond donors (Lipinski definition) is 1. The van der Waals surface area contributed by atoms with E-state index in [0.717, 1.165) is 11.3 Å².